The summed E-state index contributed by atoms with van der Waals surface area (Å²) in [5, 5.41) is 10.6. The van der Waals surface area contributed by atoms with E-state index in [0.29, 0.717) is 0 Å². The van der Waals surface area contributed by atoms with Crippen LogP contribution in [0.3, 0.4) is 0 Å². The van der Waals surface area contributed by atoms with Crippen molar-refractivity contribution >= 4 is 74.8 Å². The van der Waals surface area contributed by atoms with Gasteiger partial charge in [0.25, 0.3) is 0 Å². The Morgan fingerprint density at radius 2 is 0.983 bits per heavy atom. The second kappa shape index (κ2) is 20.7. The zero-order chi connectivity index (χ0) is 39.8. The Hall–Kier alpha value is -4.04. The van der Waals surface area contributed by atoms with E-state index < -0.39 is 0 Å². The van der Waals surface area contributed by atoms with Crippen molar-refractivity contribution in [1.82, 2.24) is 0 Å². The van der Waals surface area contributed by atoms with Crippen LogP contribution in [0.25, 0.3) is 76.5 Å². The fourth-order valence-corrected chi connectivity index (χ4v) is 8.07. The van der Waals surface area contributed by atoms with Crippen molar-refractivity contribution in [2.75, 3.05) is 0 Å². The number of fused-ring (bicyclic) bond motifs is 5. The van der Waals surface area contributed by atoms with Gasteiger partial charge in [0.1, 0.15) is 0 Å². The maximum atomic E-state index is 3.06. The average Bonchev–Trinajstić information content (AvgIpc) is 3.82. The van der Waals surface area contributed by atoms with E-state index in [1.807, 2.05) is 0 Å². The van der Waals surface area contributed by atoms with Gasteiger partial charge < -0.3 is 14.9 Å². The summed E-state index contributed by atoms with van der Waals surface area (Å²) in [6, 6.07) is 58.4. The van der Waals surface area contributed by atoms with E-state index in [9.17, 15) is 0 Å². The molecule has 0 aromatic heterocycles. The Labute approximate surface area is 389 Å². The van der Waals surface area contributed by atoms with Crippen molar-refractivity contribution in [1.29, 1.82) is 0 Å². The molecule has 0 atom stereocenters. The van der Waals surface area contributed by atoms with E-state index in [4.69, 9.17) is 0 Å². The summed E-state index contributed by atoms with van der Waals surface area (Å²) in [6.45, 7) is 21.0. The molecule has 9 rings (SSSR count). The molecular weight excluding hydrogens is 863 g/mol. The Morgan fingerprint density at radius 1 is 0.450 bits per heavy atom. The second-order valence-electron chi connectivity index (χ2n) is 17.2. The first-order valence-corrected chi connectivity index (χ1v) is 23.8. The molecule has 4 heteroatoms. The molecule has 0 saturated heterocycles. The zero-order valence-corrected chi connectivity index (χ0v) is 41.9. The SMILES string of the molecule is CC(C)(C)c1ccc(-c2cccc3[cH-]c(-c4cccc5c4ccc4ccccc45)cc23)cc1.Cc1cc2c(-c3ccc(C(C)(C)C)cc3)ccc(C)c2[cH-]1.Cl.Cl.[CH3-].[CH3-].[Si]=[Zr]. The summed E-state index contributed by atoms with van der Waals surface area (Å²) in [6.07, 6.45) is 0. The molecule has 0 saturated carbocycles. The first-order valence-electron chi connectivity index (χ1n) is 19.6. The molecule has 0 N–H and O–H groups in total. The predicted molar refractivity (Wildman–Crippen MR) is 270 cm³/mol. The van der Waals surface area contributed by atoms with Crippen LogP contribution in [-0.2, 0) is 34.2 Å². The third kappa shape index (κ3) is 10.3. The van der Waals surface area contributed by atoms with Crippen molar-refractivity contribution in [3.8, 4) is 33.4 Å². The normalized spacial score (nSPS) is 10.9. The fraction of sp³-hybridized carbons (Fsp3) is 0.179. The Kier molecular flexibility index (Phi) is 17.3. The molecule has 0 amide bonds. The molecule has 0 nitrogen and oxygen atoms in total. The average molecular weight is 921 g/mol. The summed E-state index contributed by atoms with van der Waals surface area (Å²) in [7, 11) is 0. The van der Waals surface area contributed by atoms with Gasteiger partial charge in [0, 0.05) is 0 Å². The van der Waals surface area contributed by atoms with Gasteiger partial charge in [-0.05, 0) is 54.6 Å². The summed E-state index contributed by atoms with van der Waals surface area (Å²) >= 11 is 1.36. The van der Waals surface area contributed by atoms with Gasteiger partial charge >= 0.3 is 30.2 Å². The topological polar surface area (TPSA) is 0 Å². The van der Waals surface area contributed by atoms with Crippen LogP contribution in [0.15, 0.2) is 158 Å². The fourth-order valence-electron chi connectivity index (χ4n) is 8.07. The van der Waals surface area contributed by atoms with Crippen molar-refractivity contribution in [3.05, 3.63) is 195 Å². The summed E-state index contributed by atoms with van der Waals surface area (Å²) in [5.74, 6) is 0. The number of rotatable bonds is 3. The van der Waals surface area contributed by atoms with Gasteiger partial charge in [0.15, 0.2) is 0 Å². The molecule has 60 heavy (non-hydrogen) atoms. The van der Waals surface area contributed by atoms with E-state index in [-0.39, 0.29) is 50.5 Å². The van der Waals surface area contributed by atoms with Crippen LogP contribution < -0.4 is 0 Å². The number of benzene rings is 7. The van der Waals surface area contributed by atoms with E-state index in [1.54, 1.807) is 0 Å². The van der Waals surface area contributed by atoms with Gasteiger partial charge in [0.2, 0.25) is 0 Å². The number of hydrogen-bond donors (Lipinski definition) is 0. The number of hydrogen-bond acceptors (Lipinski definition) is 0. The predicted octanol–water partition coefficient (Wildman–Crippen LogP) is 17.0. The van der Waals surface area contributed by atoms with Gasteiger partial charge in [0.05, 0.1) is 0 Å². The van der Waals surface area contributed by atoms with Gasteiger partial charge in [-0.25, -0.2) is 0 Å². The van der Waals surface area contributed by atoms with Gasteiger partial charge in [-0.2, -0.15) is 6.07 Å². The van der Waals surface area contributed by atoms with Crippen LogP contribution in [0.5, 0.6) is 0 Å². The zero-order valence-electron chi connectivity index (χ0n) is 36.8. The maximum absolute atomic E-state index is 3.06. The van der Waals surface area contributed by atoms with Crippen LogP contribution >= 0.6 is 24.8 Å². The summed E-state index contributed by atoms with van der Waals surface area (Å²) in [5.41, 5.74) is 13.6. The Bertz CT molecular complexity index is 2810. The first-order chi connectivity index (χ1) is 26.8. The van der Waals surface area contributed by atoms with Crippen molar-refractivity contribution in [2.24, 2.45) is 0 Å². The molecule has 0 aliphatic rings. The monoisotopic (exact) mass is 918 g/mol. The molecule has 0 aliphatic carbocycles. The van der Waals surface area contributed by atoms with Crippen molar-refractivity contribution in [2.45, 2.75) is 66.2 Å². The molecule has 0 spiro atoms. The van der Waals surface area contributed by atoms with Gasteiger partial charge in [-0.1, -0.05) is 193 Å². The van der Waals surface area contributed by atoms with Gasteiger partial charge in [-0.3, -0.25) is 0 Å². The van der Waals surface area contributed by atoms with Crippen molar-refractivity contribution < 1.29 is 23.3 Å². The second-order valence-corrected chi connectivity index (χ2v) is 17.2. The minimum absolute atomic E-state index is 0. The summed E-state index contributed by atoms with van der Waals surface area (Å²) < 4.78 is 0. The standard InChI is InChI=1S/C33H27.C21H23.2CH3.2ClH.Si.Zr/c1-33(2,3)26-17-14-23(15-18-26)28-11-6-9-24-20-25(21-32(24)28)29-12-7-13-30-27-10-5-4-8-22(27)16-19-31(29)30;1-14-12-19-15(2)6-11-18(20(19)13-14)16-7-9-17(10-8-16)21(3,4)5;;;;;;/h4-21H,1-3H3;6-13H,1-5H3;2*1H3;2*1H;;/q4*-1;;;;. The molecule has 0 heterocycles. The van der Waals surface area contributed by atoms with E-state index in [2.05, 4.69) is 220 Å². The Morgan fingerprint density at radius 3 is 1.58 bits per heavy atom. The van der Waals surface area contributed by atoms with E-state index in [0.717, 1.165) is 0 Å². The quantitative estimate of drug-likeness (QED) is 0.0941. The molecular formula is C56H58Cl2SiZr-4. The van der Waals surface area contributed by atoms with Crippen LogP contribution in [0.1, 0.15) is 63.8 Å². The molecule has 308 valence electrons. The molecule has 0 bridgehead atoms. The van der Waals surface area contributed by atoms with Crippen LogP contribution in [0.4, 0.5) is 0 Å². The van der Waals surface area contributed by atoms with Gasteiger partial charge in [-0.15, -0.1) is 93.4 Å². The number of aryl methyl sites for hydroxylation is 2. The van der Waals surface area contributed by atoms with Crippen molar-refractivity contribution in [3.63, 3.8) is 0 Å². The van der Waals surface area contributed by atoms with E-state index in [1.165, 1.54) is 122 Å². The molecule has 2 radical (unpaired) electrons. The Balaban J connectivity index is 0.000000312. The van der Waals surface area contributed by atoms with Crippen LogP contribution in [0, 0.1) is 28.7 Å². The van der Waals surface area contributed by atoms with E-state index >= 15 is 0 Å². The third-order valence-electron chi connectivity index (χ3n) is 11.2. The molecule has 0 aliphatic heterocycles. The molecule has 0 unspecified atom stereocenters. The molecule has 0 fully saturated rings. The third-order valence-corrected chi connectivity index (χ3v) is 11.2. The molecule has 9 aromatic rings. The van der Waals surface area contributed by atoms with Crippen LogP contribution in [-0.4, -0.2) is 6.88 Å². The minimum atomic E-state index is 0. The first kappa shape index (κ1) is 50.3. The number of halogens is 2. The molecule has 9 aromatic carbocycles. The summed E-state index contributed by atoms with van der Waals surface area (Å²) in [4.78, 5) is 0. The van der Waals surface area contributed by atoms with Crippen LogP contribution in [0.2, 0.25) is 0 Å².